The molecule has 3 aromatic carbocycles. The van der Waals surface area contributed by atoms with Crippen molar-refractivity contribution in [3.05, 3.63) is 33.9 Å². The van der Waals surface area contributed by atoms with Crippen molar-refractivity contribution in [3.63, 3.8) is 0 Å². The molecule has 9 rings (SSSR count). The van der Waals surface area contributed by atoms with Crippen molar-refractivity contribution in [2.75, 3.05) is 0 Å². The van der Waals surface area contributed by atoms with Crippen LogP contribution in [0.15, 0.2) is 6.07 Å². The van der Waals surface area contributed by atoms with E-state index in [1.54, 1.807) is 89.2 Å². The van der Waals surface area contributed by atoms with Gasteiger partial charge in [0.25, 0.3) is 0 Å². The first-order valence-electron chi connectivity index (χ1n) is 17.4. The first kappa shape index (κ1) is 33.4. The van der Waals surface area contributed by atoms with Gasteiger partial charge in [-0.15, -0.1) is 0 Å². The van der Waals surface area contributed by atoms with Crippen LogP contribution in [0.5, 0.6) is 69.0 Å². The average molecular weight is 733 g/mol. The van der Waals surface area contributed by atoms with Gasteiger partial charge < -0.3 is 56.8 Å². The maximum atomic E-state index is 12.9. The maximum absolute atomic E-state index is 12.9. The summed E-state index contributed by atoms with van der Waals surface area (Å²) in [7, 11) is 0. The van der Waals surface area contributed by atoms with Crippen molar-refractivity contribution >= 4 is 12.6 Å². The molecule has 6 aliphatic heterocycles. The second kappa shape index (κ2) is 9.77. The topological polar surface area (TPSA) is 145 Å². The Kier molecular flexibility index (Phi) is 6.16. The van der Waals surface area contributed by atoms with E-state index in [4.69, 9.17) is 56.8 Å². The standard InChI is InChI=1S/C39H40O14/c1-34(2)42-18-13-19-29(49-35(3,4)43-19)21(28(18)48-34)20(22-30-24(44-36(5,6)50-30)16(14-40)25-31(22)51-37(7,8)45-25)23-32-26(46-38(9,10)52-32)17(15-41)27-33(23)53-39(11,12)47-27/h13-15,20H,1-12H3. The molecule has 0 saturated heterocycles. The first-order chi connectivity index (χ1) is 24.5. The Morgan fingerprint density at radius 1 is 0.358 bits per heavy atom. The van der Waals surface area contributed by atoms with Gasteiger partial charge in [-0.25, -0.2) is 0 Å². The second-order valence-corrected chi connectivity index (χ2v) is 16.5. The maximum Gasteiger partial charge on any atom is 0.246 e. The molecule has 0 N–H and O–H groups in total. The van der Waals surface area contributed by atoms with Crippen LogP contribution >= 0.6 is 0 Å². The van der Waals surface area contributed by atoms with Crippen LogP contribution < -0.4 is 56.8 Å². The summed E-state index contributed by atoms with van der Waals surface area (Å²) in [5.74, 6) is -5.63. The molecule has 0 radical (unpaired) electrons. The van der Waals surface area contributed by atoms with Crippen molar-refractivity contribution in [1.82, 2.24) is 0 Å². The Morgan fingerprint density at radius 2 is 0.585 bits per heavy atom. The fourth-order valence-electron chi connectivity index (χ4n) is 7.73. The van der Waals surface area contributed by atoms with Crippen LogP contribution in [0.2, 0.25) is 0 Å². The number of benzene rings is 3. The minimum absolute atomic E-state index is 0.104. The van der Waals surface area contributed by atoms with Crippen LogP contribution in [0, 0.1) is 0 Å². The number of hydrogen-bond acceptors (Lipinski definition) is 14. The van der Waals surface area contributed by atoms with Crippen LogP contribution in [0.1, 0.15) is 126 Å². The average Bonchev–Trinajstić information content (AvgIpc) is 3.81. The van der Waals surface area contributed by atoms with Crippen molar-refractivity contribution in [3.8, 4) is 69.0 Å². The molecule has 0 bridgehead atoms. The molecule has 53 heavy (non-hydrogen) atoms. The van der Waals surface area contributed by atoms with Gasteiger partial charge in [0.05, 0.1) is 22.6 Å². The Bertz CT molecular complexity index is 1970. The summed E-state index contributed by atoms with van der Waals surface area (Å²) < 4.78 is 77.8. The monoisotopic (exact) mass is 732 g/mol. The highest BCUT2D eigenvalue weighted by atomic mass is 16.8. The molecule has 6 heterocycles. The molecule has 0 amide bonds. The van der Waals surface area contributed by atoms with Crippen LogP contribution in [0.4, 0.5) is 0 Å². The largest absolute Gasteiger partial charge is 0.449 e. The quantitative estimate of drug-likeness (QED) is 0.188. The summed E-state index contributed by atoms with van der Waals surface area (Å²) in [5, 5.41) is 0. The minimum Gasteiger partial charge on any atom is -0.449 e. The van der Waals surface area contributed by atoms with E-state index >= 15 is 0 Å². The van der Waals surface area contributed by atoms with E-state index in [1.807, 2.05) is 0 Å². The zero-order valence-corrected chi connectivity index (χ0v) is 31.5. The van der Waals surface area contributed by atoms with E-state index < -0.39 is 40.6 Å². The lowest BCUT2D eigenvalue weighted by Crippen LogP contribution is -2.32. The Hall–Kier alpha value is -5.40. The fraction of sp³-hybridized carbons (Fsp3) is 0.487. The number of rotatable bonds is 5. The van der Waals surface area contributed by atoms with E-state index in [-0.39, 0.29) is 57.1 Å². The number of aldehydes is 2. The predicted molar refractivity (Wildman–Crippen MR) is 183 cm³/mol. The predicted octanol–water partition coefficient (Wildman–Crippen LogP) is 7.54. The number of carbonyl (C=O) groups excluding carboxylic acids is 2. The van der Waals surface area contributed by atoms with Crippen molar-refractivity contribution in [2.24, 2.45) is 0 Å². The molecule has 0 atom stereocenters. The highest BCUT2D eigenvalue weighted by Crippen LogP contribution is 2.69. The highest BCUT2D eigenvalue weighted by molar-refractivity contribution is 5.93. The molecule has 0 fully saturated rings. The number of ether oxygens (including phenoxy) is 12. The summed E-state index contributed by atoms with van der Waals surface area (Å²) in [4.78, 5) is 25.8. The van der Waals surface area contributed by atoms with Gasteiger partial charge in [0.15, 0.2) is 81.6 Å². The summed E-state index contributed by atoms with van der Waals surface area (Å²) in [6.07, 6.45) is 1.30. The highest BCUT2D eigenvalue weighted by Gasteiger charge is 2.55. The third-order valence-electron chi connectivity index (χ3n) is 9.27. The van der Waals surface area contributed by atoms with Crippen LogP contribution in [0.3, 0.4) is 0 Å². The number of hydrogen-bond donors (Lipinski definition) is 0. The van der Waals surface area contributed by atoms with E-state index in [2.05, 4.69) is 0 Å². The molecule has 0 spiro atoms. The first-order valence-corrected chi connectivity index (χ1v) is 17.4. The van der Waals surface area contributed by atoms with E-state index in [1.165, 1.54) is 0 Å². The molecular formula is C39H40O14. The molecule has 3 aromatic rings. The van der Waals surface area contributed by atoms with Crippen molar-refractivity contribution in [2.45, 2.75) is 124 Å². The molecular weight excluding hydrogens is 692 g/mol. The Balaban J connectivity index is 1.49. The molecule has 14 heteroatoms. The van der Waals surface area contributed by atoms with Gasteiger partial charge in [-0.3, -0.25) is 9.59 Å². The summed E-state index contributed by atoms with van der Waals surface area (Å²) in [6.45, 7) is 20.9. The smallest absolute Gasteiger partial charge is 0.246 e. The van der Waals surface area contributed by atoms with Gasteiger partial charge >= 0.3 is 0 Å². The van der Waals surface area contributed by atoms with Crippen molar-refractivity contribution in [1.29, 1.82) is 0 Å². The van der Waals surface area contributed by atoms with Crippen LogP contribution in [-0.4, -0.2) is 47.3 Å². The molecule has 0 saturated carbocycles. The third kappa shape index (κ3) is 4.83. The minimum atomic E-state index is -1.23. The van der Waals surface area contributed by atoms with E-state index in [0.29, 0.717) is 52.3 Å². The molecule has 6 aliphatic rings. The number of carbonyl (C=O) groups is 2. The molecule has 0 aromatic heterocycles. The zero-order chi connectivity index (χ0) is 38.0. The number of fused-ring (bicyclic) bond motifs is 6. The van der Waals surface area contributed by atoms with Gasteiger partial charge in [-0.1, -0.05) is 0 Å². The third-order valence-corrected chi connectivity index (χ3v) is 9.27. The Labute approximate surface area is 305 Å². The van der Waals surface area contributed by atoms with Crippen LogP contribution in [0.25, 0.3) is 0 Å². The lowest BCUT2D eigenvalue weighted by atomic mass is 9.80. The van der Waals surface area contributed by atoms with E-state index in [0.717, 1.165) is 0 Å². The van der Waals surface area contributed by atoms with E-state index in [9.17, 15) is 9.59 Å². The molecule has 280 valence electrons. The summed E-state index contributed by atoms with van der Waals surface area (Å²) in [5.41, 5.74) is 1.31. The molecule has 0 aliphatic carbocycles. The Morgan fingerprint density at radius 3 is 0.868 bits per heavy atom. The molecule has 14 nitrogen and oxygen atoms in total. The van der Waals surface area contributed by atoms with Gasteiger partial charge in [0, 0.05) is 89.2 Å². The fourth-order valence-corrected chi connectivity index (χ4v) is 7.73. The lowest BCUT2D eigenvalue weighted by molar-refractivity contribution is -0.0493. The SMILES string of the molecule is CC1(C)Oc2cc3c(c(C(c4c5c(c(C=O)c6c4OC(C)(C)O6)OC(C)(C)O5)c4c5c(c(C=O)c6c4OC(C)(C)O6)OC(C)(C)O5)c2O1)OC(C)(C)O3. The van der Waals surface area contributed by atoms with Gasteiger partial charge in [0.2, 0.25) is 34.7 Å². The summed E-state index contributed by atoms with van der Waals surface area (Å²) in [6, 6.07) is 1.72. The molecule has 0 unspecified atom stereocenters. The lowest BCUT2D eigenvalue weighted by Gasteiger charge is -2.28. The van der Waals surface area contributed by atoms with Gasteiger partial charge in [-0.2, -0.15) is 0 Å². The van der Waals surface area contributed by atoms with Gasteiger partial charge in [-0.05, 0) is 0 Å². The second-order valence-electron chi connectivity index (χ2n) is 16.5. The zero-order valence-electron chi connectivity index (χ0n) is 31.5. The van der Waals surface area contributed by atoms with Gasteiger partial charge in [0.1, 0.15) is 11.1 Å². The van der Waals surface area contributed by atoms with Crippen molar-refractivity contribution < 1.29 is 66.4 Å². The van der Waals surface area contributed by atoms with Crippen LogP contribution in [-0.2, 0) is 0 Å². The normalized spacial score (nSPS) is 22.0. The summed E-state index contributed by atoms with van der Waals surface area (Å²) >= 11 is 0.